The number of halogens is 1. The zero-order chi connectivity index (χ0) is 12.8. The first-order valence-electron chi connectivity index (χ1n) is 6.71. The Hall–Kier alpha value is -0.380. The van der Waals surface area contributed by atoms with E-state index in [4.69, 9.17) is 4.74 Å². The zero-order valence-corrected chi connectivity index (χ0v) is 12.7. The second-order valence-electron chi connectivity index (χ2n) is 4.91. The average Bonchev–Trinajstić information content (AvgIpc) is 2.83. The van der Waals surface area contributed by atoms with E-state index in [0.29, 0.717) is 0 Å². The van der Waals surface area contributed by atoms with Gasteiger partial charge in [0, 0.05) is 32.1 Å². The van der Waals surface area contributed by atoms with Gasteiger partial charge in [-0.05, 0) is 36.0 Å². The van der Waals surface area contributed by atoms with Crippen molar-refractivity contribution in [2.24, 2.45) is 0 Å². The highest BCUT2D eigenvalue weighted by atomic mass is 79.9. The minimum absolute atomic E-state index is 0.804. The van der Waals surface area contributed by atoms with Crippen LogP contribution >= 0.6 is 15.9 Å². The van der Waals surface area contributed by atoms with Gasteiger partial charge in [-0.2, -0.15) is 0 Å². The molecule has 0 N–H and O–H groups in total. The van der Waals surface area contributed by atoms with Crippen LogP contribution in [-0.2, 0) is 24.1 Å². The van der Waals surface area contributed by atoms with E-state index in [2.05, 4.69) is 39.0 Å². The lowest BCUT2D eigenvalue weighted by Crippen LogP contribution is -2.28. The molecule has 0 amide bonds. The third-order valence-corrected chi connectivity index (χ3v) is 3.94. The smallest absolute Gasteiger partial charge is 0.0589 e. The first kappa shape index (κ1) is 14.0. The summed E-state index contributed by atoms with van der Waals surface area (Å²) in [7, 11) is 1.77. The summed E-state index contributed by atoms with van der Waals surface area (Å²) in [6.45, 7) is 3.90. The molecule has 1 aliphatic carbocycles. The molecule has 1 aliphatic rings. The fourth-order valence-electron chi connectivity index (χ4n) is 2.59. The van der Waals surface area contributed by atoms with Crippen LogP contribution in [0.5, 0.6) is 0 Å². The van der Waals surface area contributed by atoms with E-state index in [0.717, 1.165) is 31.6 Å². The standard InChI is InChI=1S/C15H22BrNO/c1-18-10-9-17(8-7-16)12-13-5-6-14-3-2-4-15(14)11-13/h5-6,11H,2-4,7-10,12H2,1H3. The van der Waals surface area contributed by atoms with E-state index >= 15 is 0 Å². The Morgan fingerprint density at radius 2 is 2.06 bits per heavy atom. The number of fused-ring (bicyclic) bond motifs is 1. The SMILES string of the molecule is COCCN(CCBr)Cc1ccc2c(c1)CCC2. The topological polar surface area (TPSA) is 12.5 Å². The summed E-state index contributed by atoms with van der Waals surface area (Å²) < 4.78 is 5.17. The van der Waals surface area contributed by atoms with Gasteiger partial charge >= 0.3 is 0 Å². The Morgan fingerprint density at radius 1 is 1.22 bits per heavy atom. The highest BCUT2D eigenvalue weighted by Gasteiger charge is 2.12. The number of aryl methyl sites for hydroxylation is 2. The lowest BCUT2D eigenvalue weighted by atomic mass is 10.1. The Balaban J connectivity index is 1.97. The molecule has 0 fully saturated rings. The maximum Gasteiger partial charge on any atom is 0.0589 e. The van der Waals surface area contributed by atoms with E-state index in [1.165, 1.54) is 24.8 Å². The van der Waals surface area contributed by atoms with E-state index < -0.39 is 0 Å². The van der Waals surface area contributed by atoms with Gasteiger partial charge in [-0.3, -0.25) is 4.90 Å². The van der Waals surface area contributed by atoms with Gasteiger partial charge in [0.1, 0.15) is 0 Å². The maximum atomic E-state index is 5.17. The summed E-state index contributed by atoms with van der Waals surface area (Å²) in [4.78, 5) is 2.44. The predicted octanol–water partition coefficient (Wildman–Crippen LogP) is 3.02. The molecule has 2 nitrogen and oxygen atoms in total. The molecule has 0 radical (unpaired) electrons. The summed E-state index contributed by atoms with van der Waals surface area (Å²) >= 11 is 3.52. The first-order chi connectivity index (χ1) is 8.83. The van der Waals surface area contributed by atoms with Crippen LogP contribution in [0.2, 0.25) is 0 Å². The second-order valence-corrected chi connectivity index (χ2v) is 5.71. The van der Waals surface area contributed by atoms with Crippen molar-refractivity contribution in [1.82, 2.24) is 4.90 Å². The van der Waals surface area contributed by atoms with Crippen LogP contribution < -0.4 is 0 Å². The molecule has 0 aliphatic heterocycles. The molecule has 3 heteroatoms. The van der Waals surface area contributed by atoms with Gasteiger partial charge in [0.2, 0.25) is 0 Å². The second kappa shape index (κ2) is 7.27. The number of hydrogen-bond donors (Lipinski definition) is 0. The summed E-state index contributed by atoms with van der Waals surface area (Å²) in [6.07, 6.45) is 3.86. The Kier molecular flexibility index (Phi) is 5.67. The molecule has 18 heavy (non-hydrogen) atoms. The van der Waals surface area contributed by atoms with Crippen molar-refractivity contribution in [3.63, 3.8) is 0 Å². The Morgan fingerprint density at radius 3 is 2.83 bits per heavy atom. The molecule has 100 valence electrons. The van der Waals surface area contributed by atoms with Gasteiger partial charge < -0.3 is 4.74 Å². The van der Waals surface area contributed by atoms with Crippen molar-refractivity contribution < 1.29 is 4.74 Å². The fourth-order valence-corrected chi connectivity index (χ4v) is 3.09. The van der Waals surface area contributed by atoms with Crippen LogP contribution in [0.3, 0.4) is 0 Å². The van der Waals surface area contributed by atoms with Gasteiger partial charge in [-0.1, -0.05) is 34.1 Å². The van der Waals surface area contributed by atoms with Crippen LogP contribution in [0.15, 0.2) is 18.2 Å². The lowest BCUT2D eigenvalue weighted by Gasteiger charge is -2.21. The van der Waals surface area contributed by atoms with Crippen LogP contribution in [0.25, 0.3) is 0 Å². The van der Waals surface area contributed by atoms with E-state index in [1.807, 2.05) is 0 Å². The first-order valence-corrected chi connectivity index (χ1v) is 7.83. The van der Waals surface area contributed by atoms with Crippen molar-refractivity contribution in [2.45, 2.75) is 25.8 Å². The molecule has 0 atom stereocenters. The van der Waals surface area contributed by atoms with Crippen molar-refractivity contribution in [3.05, 3.63) is 34.9 Å². The highest BCUT2D eigenvalue weighted by Crippen LogP contribution is 2.23. The quantitative estimate of drug-likeness (QED) is 0.718. The molecular weight excluding hydrogens is 290 g/mol. The molecule has 0 unspecified atom stereocenters. The van der Waals surface area contributed by atoms with Gasteiger partial charge in [0.05, 0.1) is 6.61 Å². The fraction of sp³-hybridized carbons (Fsp3) is 0.600. The maximum absolute atomic E-state index is 5.17. The van der Waals surface area contributed by atoms with Gasteiger partial charge in [-0.25, -0.2) is 0 Å². The molecule has 1 aromatic carbocycles. The summed E-state index contributed by atoms with van der Waals surface area (Å²) in [5.41, 5.74) is 4.56. The molecule has 0 heterocycles. The highest BCUT2D eigenvalue weighted by molar-refractivity contribution is 9.09. The summed E-state index contributed by atoms with van der Waals surface area (Å²) in [5.74, 6) is 0. The summed E-state index contributed by atoms with van der Waals surface area (Å²) in [5, 5.41) is 1.02. The molecule has 0 spiro atoms. The largest absolute Gasteiger partial charge is 0.383 e. The minimum atomic E-state index is 0.804. The molecular formula is C15H22BrNO. The molecule has 0 saturated heterocycles. The van der Waals surface area contributed by atoms with Crippen molar-refractivity contribution >= 4 is 15.9 Å². The van der Waals surface area contributed by atoms with Crippen LogP contribution in [0.1, 0.15) is 23.1 Å². The van der Waals surface area contributed by atoms with E-state index in [9.17, 15) is 0 Å². The predicted molar refractivity (Wildman–Crippen MR) is 79.4 cm³/mol. The minimum Gasteiger partial charge on any atom is -0.383 e. The molecule has 0 aromatic heterocycles. The Labute approximate surface area is 118 Å². The normalized spacial score (nSPS) is 14.2. The number of methoxy groups -OCH3 is 1. The molecule has 2 rings (SSSR count). The number of nitrogens with zero attached hydrogens (tertiary/aromatic N) is 1. The number of rotatable bonds is 7. The van der Waals surface area contributed by atoms with E-state index in [-0.39, 0.29) is 0 Å². The van der Waals surface area contributed by atoms with Crippen LogP contribution in [-0.4, -0.2) is 37.0 Å². The van der Waals surface area contributed by atoms with Crippen molar-refractivity contribution in [2.75, 3.05) is 32.1 Å². The van der Waals surface area contributed by atoms with Crippen molar-refractivity contribution in [1.29, 1.82) is 0 Å². The van der Waals surface area contributed by atoms with Crippen LogP contribution in [0, 0.1) is 0 Å². The van der Waals surface area contributed by atoms with Gasteiger partial charge in [-0.15, -0.1) is 0 Å². The third-order valence-electron chi connectivity index (χ3n) is 3.58. The van der Waals surface area contributed by atoms with Crippen LogP contribution in [0.4, 0.5) is 0 Å². The number of benzene rings is 1. The zero-order valence-electron chi connectivity index (χ0n) is 11.1. The number of alkyl halides is 1. The molecule has 1 aromatic rings. The van der Waals surface area contributed by atoms with E-state index in [1.54, 1.807) is 18.2 Å². The summed E-state index contributed by atoms with van der Waals surface area (Å²) in [6, 6.07) is 7.01. The van der Waals surface area contributed by atoms with Gasteiger partial charge in [0.15, 0.2) is 0 Å². The Bertz CT molecular complexity index is 381. The number of ether oxygens (including phenoxy) is 1. The monoisotopic (exact) mass is 311 g/mol. The number of hydrogen-bond acceptors (Lipinski definition) is 2. The lowest BCUT2D eigenvalue weighted by molar-refractivity contribution is 0.148. The molecule has 0 bridgehead atoms. The average molecular weight is 312 g/mol. The third kappa shape index (κ3) is 3.81. The van der Waals surface area contributed by atoms with Gasteiger partial charge in [0.25, 0.3) is 0 Å². The van der Waals surface area contributed by atoms with Crippen molar-refractivity contribution in [3.8, 4) is 0 Å². The molecule has 0 saturated carbocycles.